The third-order valence-electron chi connectivity index (χ3n) is 3.33. The second-order valence-corrected chi connectivity index (χ2v) is 4.70. The Labute approximate surface area is 130 Å². The minimum absolute atomic E-state index is 0.0494. The first kappa shape index (κ1) is 15.6. The number of hydrogen-bond acceptors (Lipinski definition) is 2. The first-order valence-corrected chi connectivity index (χ1v) is 6.81. The molecule has 0 aliphatic heterocycles. The monoisotopic (exact) mass is 291 g/mol. The summed E-state index contributed by atoms with van der Waals surface area (Å²) in [7, 11) is 1.59. The predicted molar refractivity (Wildman–Crippen MR) is 89.9 cm³/mol. The molecule has 0 amide bonds. The molecule has 0 unspecified atom stereocenters. The molecular formula is C19H17NO2. The van der Waals surface area contributed by atoms with Gasteiger partial charge in [0.25, 0.3) is 0 Å². The standard InChI is InChI=1S/C19H17NO2/c1-4-14-5-8-16(9-6-14)18(20-2)12-17-11-15(13-21)7-10-19(17)22-3/h4-12,21H,1,13H2,3H3. The number of ether oxygens (including phenoxy) is 1. The second kappa shape index (κ2) is 7.26. The van der Waals surface area contributed by atoms with E-state index in [2.05, 4.69) is 11.4 Å². The van der Waals surface area contributed by atoms with E-state index in [0.29, 0.717) is 11.4 Å². The summed E-state index contributed by atoms with van der Waals surface area (Å²) >= 11 is 0. The van der Waals surface area contributed by atoms with Gasteiger partial charge in [-0.05, 0) is 34.9 Å². The fraction of sp³-hybridized carbons (Fsp3) is 0.105. The number of benzene rings is 2. The molecule has 0 atom stereocenters. The molecule has 0 aliphatic carbocycles. The van der Waals surface area contributed by atoms with Gasteiger partial charge in [-0.15, -0.1) is 0 Å². The maximum Gasteiger partial charge on any atom is 0.195 e. The van der Waals surface area contributed by atoms with Crippen LogP contribution in [0.4, 0.5) is 0 Å². The van der Waals surface area contributed by atoms with Crippen LogP contribution in [-0.2, 0) is 6.61 Å². The van der Waals surface area contributed by atoms with E-state index in [1.54, 1.807) is 31.4 Å². The Balaban J connectivity index is 2.47. The quantitative estimate of drug-likeness (QED) is 0.660. The molecule has 0 aliphatic rings. The van der Waals surface area contributed by atoms with Gasteiger partial charge in [0.2, 0.25) is 0 Å². The minimum atomic E-state index is -0.0494. The van der Waals surface area contributed by atoms with Crippen molar-refractivity contribution in [1.29, 1.82) is 0 Å². The minimum Gasteiger partial charge on any atom is -0.496 e. The molecule has 0 saturated heterocycles. The molecular weight excluding hydrogens is 274 g/mol. The third kappa shape index (κ3) is 3.43. The summed E-state index contributed by atoms with van der Waals surface area (Å²) < 4.78 is 5.32. The fourth-order valence-corrected chi connectivity index (χ4v) is 2.11. The number of nitrogens with zero attached hydrogens (tertiary/aromatic N) is 1. The predicted octanol–water partition coefficient (Wildman–Crippen LogP) is 4.25. The van der Waals surface area contributed by atoms with Gasteiger partial charge in [0.05, 0.1) is 20.3 Å². The summed E-state index contributed by atoms with van der Waals surface area (Å²) in [5.41, 5.74) is 3.90. The van der Waals surface area contributed by atoms with Crippen LogP contribution in [0.5, 0.6) is 5.75 Å². The highest BCUT2D eigenvalue weighted by atomic mass is 16.5. The lowest BCUT2D eigenvalue weighted by atomic mass is 10.0. The van der Waals surface area contributed by atoms with Gasteiger partial charge in [0.1, 0.15) is 5.75 Å². The van der Waals surface area contributed by atoms with Crippen LogP contribution >= 0.6 is 0 Å². The van der Waals surface area contributed by atoms with Crippen molar-refractivity contribution in [2.45, 2.75) is 6.61 Å². The van der Waals surface area contributed by atoms with Crippen molar-refractivity contribution in [1.82, 2.24) is 0 Å². The van der Waals surface area contributed by atoms with Crippen LogP contribution in [-0.4, -0.2) is 12.2 Å². The molecule has 110 valence electrons. The lowest BCUT2D eigenvalue weighted by Crippen LogP contribution is -1.91. The fourth-order valence-electron chi connectivity index (χ4n) is 2.11. The number of rotatable bonds is 5. The van der Waals surface area contributed by atoms with Crippen molar-refractivity contribution >= 4 is 17.8 Å². The van der Waals surface area contributed by atoms with Gasteiger partial charge in [-0.1, -0.05) is 43.0 Å². The summed E-state index contributed by atoms with van der Waals surface area (Å²) in [6.45, 7) is 11.1. The summed E-state index contributed by atoms with van der Waals surface area (Å²) in [6.07, 6.45) is 3.53. The van der Waals surface area contributed by atoms with Crippen LogP contribution in [0.1, 0.15) is 22.3 Å². The van der Waals surface area contributed by atoms with Crippen molar-refractivity contribution in [3.8, 4) is 5.75 Å². The number of methoxy groups -OCH3 is 1. The molecule has 0 aromatic heterocycles. The van der Waals surface area contributed by atoms with Gasteiger partial charge in [0, 0.05) is 5.56 Å². The smallest absolute Gasteiger partial charge is 0.195 e. The summed E-state index contributed by atoms with van der Waals surface area (Å²) in [6, 6.07) is 13.0. The van der Waals surface area contributed by atoms with E-state index >= 15 is 0 Å². The molecule has 2 aromatic rings. The maximum absolute atomic E-state index is 9.26. The van der Waals surface area contributed by atoms with E-state index in [-0.39, 0.29) is 6.61 Å². The van der Waals surface area contributed by atoms with Crippen molar-refractivity contribution in [2.75, 3.05) is 7.11 Å². The molecule has 0 fully saturated rings. The first-order valence-electron chi connectivity index (χ1n) is 6.81. The molecule has 0 radical (unpaired) electrons. The molecule has 1 N–H and O–H groups in total. The van der Waals surface area contributed by atoms with Crippen LogP contribution in [0.2, 0.25) is 0 Å². The molecule has 0 spiro atoms. The SMILES string of the molecule is [C-]#[N+]C(=Cc1cc(CO)ccc1OC)c1ccc(C=C)cc1. The van der Waals surface area contributed by atoms with E-state index in [1.165, 1.54) is 0 Å². The highest BCUT2D eigenvalue weighted by Crippen LogP contribution is 2.27. The average molecular weight is 291 g/mol. The average Bonchev–Trinajstić information content (AvgIpc) is 2.59. The number of aliphatic hydroxyl groups is 1. The Bertz CT molecular complexity index is 737. The summed E-state index contributed by atoms with van der Waals surface area (Å²) in [4.78, 5) is 3.61. The van der Waals surface area contributed by atoms with Crippen molar-refractivity contribution in [2.24, 2.45) is 0 Å². The van der Waals surface area contributed by atoms with Crippen LogP contribution < -0.4 is 4.74 Å². The van der Waals surface area contributed by atoms with Crippen molar-refractivity contribution in [3.05, 3.63) is 82.7 Å². The summed E-state index contributed by atoms with van der Waals surface area (Å²) in [5.74, 6) is 0.668. The maximum atomic E-state index is 9.26. The zero-order valence-electron chi connectivity index (χ0n) is 12.4. The zero-order valence-corrected chi connectivity index (χ0v) is 12.4. The Morgan fingerprint density at radius 3 is 2.55 bits per heavy atom. The van der Waals surface area contributed by atoms with Gasteiger partial charge >= 0.3 is 0 Å². The van der Waals surface area contributed by atoms with Gasteiger partial charge in [0.15, 0.2) is 5.70 Å². The third-order valence-corrected chi connectivity index (χ3v) is 3.33. The van der Waals surface area contributed by atoms with E-state index < -0.39 is 0 Å². The molecule has 3 heteroatoms. The topological polar surface area (TPSA) is 33.8 Å². The lowest BCUT2D eigenvalue weighted by molar-refractivity contribution is 0.281. The Morgan fingerprint density at radius 2 is 2.00 bits per heavy atom. The molecule has 0 saturated carbocycles. The Hall–Kier alpha value is -2.83. The van der Waals surface area contributed by atoms with Crippen molar-refractivity contribution in [3.63, 3.8) is 0 Å². The Morgan fingerprint density at radius 1 is 1.27 bits per heavy atom. The molecule has 0 bridgehead atoms. The van der Waals surface area contributed by atoms with Gasteiger partial charge in [-0.3, -0.25) is 0 Å². The van der Waals surface area contributed by atoms with E-state index in [1.807, 2.05) is 30.3 Å². The molecule has 0 heterocycles. The first-order chi connectivity index (χ1) is 10.7. The molecule has 2 aromatic carbocycles. The molecule has 2 rings (SSSR count). The van der Waals surface area contributed by atoms with Gasteiger partial charge in [-0.25, -0.2) is 4.85 Å². The summed E-state index contributed by atoms with van der Waals surface area (Å²) in [5, 5.41) is 9.26. The largest absolute Gasteiger partial charge is 0.496 e. The van der Waals surface area contributed by atoms with Crippen LogP contribution in [0.3, 0.4) is 0 Å². The lowest BCUT2D eigenvalue weighted by Gasteiger charge is -2.08. The van der Waals surface area contributed by atoms with Crippen LogP contribution in [0, 0.1) is 6.57 Å². The van der Waals surface area contributed by atoms with Crippen LogP contribution in [0.15, 0.2) is 49.0 Å². The Kier molecular flexibility index (Phi) is 5.13. The van der Waals surface area contributed by atoms with Crippen LogP contribution in [0.25, 0.3) is 22.7 Å². The van der Waals surface area contributed by atoms with E-state index in [0.717, 1.165) is 22.3 Å². The van der Waals surface area contributed by atoms with Gasteiger partial charge < -0.3 is 9.84 Å². The second-order valence-electron chi connectivity index (χ2n) is 4.70. The number of aliphatic hydroxyl groups excluding tert-OH is 1. The zero-order chi connectivity index (χ0) is 15.9. The van der Waals surface area contributed by atoms with E-state index in [4.69, 9.17) is 11.3 Å². The molecule has 3 nitrogen and oxygen atoms in total. The molecule has 22 heavy (non-hydrogen) atoms. The van der Waals surface area contributed by atoms with Gasteiger partial charge in [-0.2, -0.15) is 0 Å². The normalized spacial score (nSPS) is 10.9. The van der Waals surface area contributed by atoms with Crippen molar-refractivity contribution < 1.29 is 9.84 Å². The highest BCUT2D eigenvalue weighted by Gasteiger charge is 2.06. The highest BCUT2D eigenvalue weighted by molar-refractivity contribution is 5.86. The number of hydrogen-bond donors (Lipinski definition) is 1. The van der Waals surface area contributed by atoms with E-state index in [9.17, 15) is 5.11 Å².